The van der Waals surface area contributed by atoms with Crippen molar-refractivity contribution in [2.24, 2.45) is 5.73 Å². The Bertz CT molecular complexity index is 544. The molecule has 1 aliphatic heterocycles. The van der Waals surface area contributed by atoms with Crippen molar-refractivity contribution in [3.63, 3.8) is 0 Å². The zero-order valence-corrected chi connectivity index (χ0v) is 13.2. The van der Waals surface area contributed by atoms with Crippen LogP contribution in [0, 0.1) is 5.82 Å². The predicted molar refractivity (Wildman–Crippen MR) is 82.4 cm³/mol. The van der Waals surface area contributed by atoms with Crippen molar-refractivity contribution < 1.29 is 13.5 Å². The second kappa shape index (κ2) is 6.13. The number of likely N-dealkylation sites (tertiary alicyclic amines) is 1. The molecular weight excluding hydrogens is 286 g/mol. The smallest absolute Gasteiger partial charge is 0.168 e. The second-order valence-electron chi connectivity index (χ2n) is 6.58. The summed E-state index contributed by atoms with van der Waals surface area (Å²) in [6, 6.07) is 3.82. The van der Waals surface area contributed by atoms with Crippen LogP contribution in [-0.2, 0) is 0 Å². The maximum Gasteiger partial charge on any atom is 0.168 e. The zero-order valence-electron chi connectivity index (χ0n) is 13.2. The summed E-state index contributed by atoms with van der Waals surface area (Å²) < 4.78 is 33.2. The van der Waals surface area contributed by atoms with Crippen molar-refractivity contribution in [3.8, 4) is 5.75 Å². The number of benzene rings is 1. The number of hydrogen-bond donors (Lipinski definition) is 1. The van der Waals surface area contributed by atoms with Crippen LogP contribution in [0.15, 0.2) is 12.1 Å². The first-order valence-electron chi connectivity index (χ1n) is 8.01. The molecular formula is C17H24F2N2O. The molecule has 3 nitrogen and oxygen atoms in total. The summed E-state index contributed by atoms with van der Waals surface area (Å²) in [4.78, 5) is 2.20. The molecule has 122 valence electrons. The summed E-state index contributed by atoms with van der Waals surface area (Å²) in [7, 11) is 1.48. The SMILES string of the molecule is COc1c([C@H](C)N)ccc(C2CC(N3CC[C@H](F)C3)C2)c1F. The fourth-order valence-corrected chi connectivity index (χ4v) is 3.68. The lowest BCUT2D eigenvalue weighted by atomic mass is 9.74. The molecule has 2 atom stereocenters. The first-order valence-corrected chi connectivity index (χ1v) is 8.01. The van der Waals surface area contributed by atoms with Crippen LogP contribution in [0.4, 0.5) is 8.78 Å². The number of alkyl halides is 1. The van der Waals surface area contributed by atoms with Gasteiger partial charge in [0.1, 0.15) is 6.17 Å². The molecule has 1 heterocycles. The standard InChI is InChI=1S/C17H24F2N2O/c1-10(20)14-3-4-15(16(19)17(14)22-2)11-7-13(8-11)21-6-5-12(18)9-21/h3-4,10-13H,5-9,20H2,1-2H3/t10-,11?,12-,13?/m0/s1. The third kappa shape index (κ3) is 2.72. The summed E-state index contributed by atoms with van der Waals surface area (Å²) in [5, 5.41) is 0. The largest absolute Gasteiger partial charge is 0.493 e. The van der Waals surface area contributed by atoms with E-state index in [0.717, 1.165) is 19.4 Å². The van der Waals surface area contributed by atoms with E-state index in [-0.39, 0.29) is 23.5 Å². The quantitative estimate of drug-likeness (QED) is 0.928. The Kier molecular flexibility index (Phi) is 4.37. The summed E-state index contributed by atoms with van der Waals surface area (Å²) in [5.74, 6) is 0.172. The van der Waals surface area contributed by atoms with Gasteiger partial charge >= 0.3 is 0 Å². The lowest BCUT2D eigenvalue weighted by molar-refractivity contribution is 0.125. The minimum atomic E-state index is -0.693. The molecule has 22 heavy (non-hydrogen) atoms. The van der Waals surface area contributed by atoms with E-state index < -0.39 is 6.17 Å². The predicted octanol–water partition coefficient (Wildman–Crippen LogP) is 3.14. The minimum Gasteiger partial charge on any atom is -0.493 e. The average Bonchev–Trinajstić information content (AvgIpc) is 2.84. The van der Waals surface area contributed by atoms with Crippen LogP contribution in [0.1, 0.15) is 49.3 Å². The molecule has 1 aliphatic carbocycles. The maximum absolute atomic E-state index is 14.7. The highest BCUT2D eigenvalue weighted by Gasteiger charge is 2.39. The van der Waals surface area contributed by atoms with Crippen LogP contribution in [-0.4, -0.2) is 37.3 Å². The number of nitrogens with zero attached hydrogens (tertiary/aromatic N) is 1. The van der Waals surface area contributed by atoms with E-state index in [2.05, 4.69) is 4.90 Å². The van der Waals surface area contributed by atoms with Crippen LogP contribution in [0.5, 0.6) is 5.75 Å². The topological polar surface area (TPSA) is 38.5 Å². The highest BCUT2D eigenvalue weighted by Crippen LogP contribution is 2.44. The molecule has 1 aromatic rings. The molecule has 0 radical (unpaired) electrons. The molecule has 0 aromatic heterocycles. The Hall–Kier alpha value is -1.20. The maximum atomic E-state index is 14.7. The number of ether oxygens (including phenoxy) is 1. The van der Waals surface area contributed by atoms with Gasteiger partial charge < -0.3 is 10.5 Å². The number of halogens is 2. The van der Waals surface area contributed by atoms with Gasteiger partial charge in [-0.1, -0.05) is 12.1 Å². The molecule has 3 rings (SSSR count). The van der Waals surface area contributed by atoms with E-state index in [1.807, 2.05) is 19.1 Å². The van der Waals surface area contributed by atoms with E-state index in [1.165, 1.54) is 7.11 Å². The van der Waals surface area contributed by atoms with Gasteiger partial charge in [0.05, 0.1) is 7.11 Å². The Morgan fingerprint density at radius 1 is 1.36 bits per heavy atom. The third-order valence-corrected chi connectivity index (χ3v) is 5.08. The van der Waals surface area contributed by atoms with E-state index >= 15 is 0 Å². The fourth-order valence-electron chi connectivity index (χ4n) is 3.68. The molecule has 0 amide bonds. The molecule has 1 saturated heterocycles. The molecule has 2 aliphatic rings. The van der Waals surface area contributed by atoms with Gasteiger partial charge in [0.25, 0.3) is 0 Å². The highest BCUT2D eigenvalue weighted by atomic mass is 19.1. The van der Waals surface area contributed by atoms with Crippen molar-refractivity contribution >= 4 is 0 Å². The monoisotopic (exact) mass is 310 g/mol. The van der Waals surface area contributed by atoms with Crippen LogP contribution >= 0.6 is 0 Å². The lowest BCUT2D eigenvalue weighted by Crippen LogP contribution is -2.42. The Morgan fingerprint density at radius 3 is 2.64 bits per heavy atom. The van der Waals surface area contributed by atoms with Crippen LogP contribution < -0.4 is 10.5 Å². The number of rotatable bonds is 4. The Labute approximate surface area is 130 Å². The molecule has 2 fully saturated rings. The van der Waals surface area contributed by atoms with Gasteiger partial charge in [-0.3, -0.25) is 4.90 Å². The van der Waals surface area contributed by atoms with Crippen molar-refractivity contribution in [2.75, 3.05) is 20.2 Å². The summed E-state index contributed by atoms with van der Waals surface area (Å²) >= 11 is 0. The summed E-state index contributed by atoms with van der Waals surface area (Å²) in [5.41, 5.74) is 7.26. The second-order valence-corrected chi connectivity index (χ2v) is 6.58. The van der Waals surface area contributed by atoms with E-state index in [4.69, 9.17) is 10.5 Å². The van der Waals surface area contributed by atoms with Gasteiger partial charge in [-0.05, 0) is 37.7 Å². The van der Waals surface area contributed by atoms with Gasteiger partial charge in [0.15, 0.2) is 11.6 Å². The number of methoxy groups -OCH3 is 1. The van der Waals surface area contributed by atoms with E-state index in [1.54, 1.807) is 0 Å². The summed E-state index contributed by atoms with van der Waals surface area (Å²) in [6.45, 7) is 3.18. The number of hydrogen-bond acceptors (Lipinski definition) is 3. The Morgan fingerprint density at radius 2 is 2.09 bits per heavy atom. The van der Waals surface area contributed by atoms with Crippen LogP contribution in [0.3, 0.4) is 0 Å². The van der Waals surface area contributed by atoms with Gasteiger partial charge in [0.2, 0.25) is 0 Å². The molecule has 1 aromatic carbocycles. The third-order valence-electron chi connectivity index (χ3n) is 5.08. The van der Waals surface area contributed by atoms with Gasteiger partial charge in [-0.25, -0.2) is 8.78 Å². The normalized spacial score (nSPS) is 30.1. The van der Waals surface area contributed by atoms with E-state index in [0.29, 0.717) is 30.1 Å². The molecule has 0 unspecified atom stereocenters. The zero-order chi connectivity index (χ0) is 15.9. The van der Waals surface area contributed by atoms with Crippen molar-refractivity contribution in [1.29, 1.82) is 0 Å². The fraction of sp³-hybridized carbons (Fsp3) is 0.647. The Balaban J connectivity index is 1.72. The molecule has 0 bridgehead atoms. The minimum absolute atomic E-state index is 0.194. The molecule has 5 heteroatoms. The molecule has 2 N–H and O–H groups in total. The van der Waals surface area contributed by atoms with E-state index in [9.17, 15) is 8.78 Å². The first kappa shape index (κ1) is 15.7. The summed E-state index contributed by atoms with van der Waals surface area (Å²) in [6.07, 6.45) is 1.72. The van der Waals surface area contributed by atoms with Crippen molar-refractivity contribution in [3.05, 3.63) is 29.1 Å². The van der Waals surface area contributed by atoms with Gasteiger partial charge in [-0.2, -0.15) is 0 Å². The van der Waals surface area contributed by atoms with Crippen molar-refractivity contribution in [2.45, 2.75) is 50.4 Å². The van der Waals surface area contributed by atoms with Gasteiger partial charge in [0, 0.05) is 30.7 Å². The van der Waals surface area contributed by atoms with Crippen molar-refractivity contribution in [1.82, 2.24) is 4.90 Å². The molecule has 1 saturated carbocycles. The molecule has 0 spiro atoms. The average molecular weight is 310 g/mol. The first-order chi connectivity index (χ1) is 10.5. The van der Waals surface area contributed by atoms with Gasteiger partial charge in [-0.15, -0.1) is 0 Å². The number of nitrogens with two attached hydrogens (primary N) is 1. The highest BCUT2D eigenvalue weighted by molar-refractivity contribution is 5.43. The van der Waals surface area contributed by atoms with Crippen LogP contribution in [0.2, 0.25) is 0 Å². The van der Waals surface area contributed by atoms with Crippen LogP contribution in [0.25, 0.3) is 0 Å². The lowest BCUT2D eigenvalue weighted by Gasteiger charge is -2.41.